The van der Waals surface area contributed by atoms with Crippen LogP contribution in [0.1, 0.15) is 31.9 Å². The molecule has 0 aliphatic rings. The molecule has 0 radical (unpaired) electrons. The maximum atomic E-state index is 3.58. The van der Waals surface area contributed by atoms with Gasteiger partial charge in [-0.25, -0.2) is 0 Å². The summed E-state index contributed by atoms with van der Waals surface area (Å²) in [6, 6.07) is 22.0. The van der Waals surface area contributed by atoms with Crippen LogP contribution in [-0.2, 0) is 5.41 Å². The third kappa shape index (κ3) is 3.24. The molecule has 0 heterocycles. The predicted molar refractivity (Wildman–Crippen MR) is 82.5 cm³/mol. The lowest BCUT2D eigenvalue weighted by atomic mass is 9.76. The summed E-state index contributed by atoms with van der Waals surface area (Å²) >= 11 is 0. The molecule has 0 unspecified atom stereocenters. The van der Waals surface area contributed by atoms with E-state index in [2.05, 4.69) is 86.8 Å². The van der Waals surface area contributed by atoms with Gasteiger partial charge in [0.1, 0.15) is 0 Å². The molecular weight excluding hydrogens is 230 g/mol. The zero-order valence-electron chi connectivity index (χ0n) is 12.1. The highest BCUT2D eigenvalue weighted by atomic mass is 14.9. The quantitative estimate of drug-likeness (QED) is 0.849. The molecule has 1 N–H and O–H groups in total. The van der Waals surface area contributed by atoms with Crippen molar-refractivity contribution in [2.24, 2.45) is 0 Å². The highest BCUT2D eigenvalue weighted by Gasteiger charge is 2.28. The van der Waals surface area contributed by atoms with E-state index in [-0.39, 0.29) is 5.41 Å². The molecule has 0 saturated heterocycles. The van der Waals surface area contributed by atoms with Gasteiger partial charge in [-0.3, -0.25) is 0 Å². The zero-order valence-corrected chi connectivity index (χ0v) is 12.1. The largest absolute Gasteiger partial charge is 0.313 e. The van der Waals surface area contributed by atoms with Crippen molar-refractivity contribution in [3.8, 4) is 0 Å². The Morgan fingerprint density at radius 1 is 0.842 bits per heavy atom. The van der Waals surface area contributed by atoms with Gasteiger partial charge >= 0.3 is 0 Å². The third-order valence-corrected chi connectivity index (χ3v) is 3.69. The van der Waals surface area contributed by atoms with Crippen molar-refractivity contribution in [2.75, 3.05) is 6.54 Å². The molecular formula is C18H23N. The summed E-state index contributed by atoms with van der Waals surface area (Å²) in [7, 11) is 0. The van der Waals surface area contributed by atoms with Crippen molar-refractivity contribution in [1.29, 1.82) is 0 Å². The summed E-state index contributed by atoms with van der Waals surface area (Å²) in [6.07, 6.45) is 0. The Morgan fingerprint density at radius 3 is 1.63 bits per heavy atom. The lowest BCUT2D eigenvalue weighted by Crippen LogP contribution is -2.39. The molecule has 0 aliphatic heterocycles. The molecule has 0 bridgehead atoms. The van der Waals surface area contributed by atoms with Crippen molar-refractivity contribution in [1.82, 2.24) is 5.32 Å². The second-order valence-electron chi connectivity index (χ2n) is 5.60. The molecule has 1 nitrogen and oxygen atoms in total. The van der Waals surface area contributed by atoms with Crippen LogP contribution >= 0.6 is 0 Å². The SMILES string of the molecule is CC(C)NCC(C)(c1ccccc1)c1ccccc1. The fraction of sp³-hybridized carbons (Fsp3) is 0.333. The molecule has 2 aromatic rings. The van der Waals surface area contributed by atoms with Gasteiger partial charge in [-0.2, -0.15) is 0 Å². The minimum atomic E-state index is 0.00674. The molecule has 19 heavy (non-hydrogen) atoms. The van der Waals surface area contributed by atoms with E-state index in [1.807, 2.05) is 0 Å². The monoisotopic (exact) mass is 253 g/mol. The average molecular weight is 253 g/mol. The second kappa shape index (κ2) is 6.03. The Balaban J connectivity index is 2.39. The van der Waals surface area contributed by atoms with Gasteiger partial charge in [-0.15, -0.1) is 0 Å². The molecule has 100 valence electrons. The maximum absolute atomic E-state index is 3.58. The lowest BCUT2D eigenvalue weighted by molar-refractivity contribution is 0.468. The van der Waals surface area contributed by atoms with E-state index in [1.54, 1.807) is 0 Å². The Bertz CT molecular complexity index is 448. The Labute approximate surface area is 116 Å². The minimum Gasteiger partial charge on any atom is -0.313 e. The van der Waals surface area contributed by atoms with E-state index >= 15 is 0 Å². The Morgan fingerprint density at radius 2 is 1.26 bits per heavy atom. The van der Waals surface area contributed by atoms with Crippen LogP contribution in [0.5, 0.6) is 0 Å². The van der Waals surface area contributed by atoms with Gasteiger partial charge in [0.05, 0.1) is 0 Å². The van der Waals surface area contributed by atoms with Crippen LogP contribution in [0.4, 0.5) is 0 Å². The molecule has 0 atom stereocenters. The first-order chi connectivity index (χ1) is 9.13. The lowest BCUT2D eigenvalue weighted by Gasteiger charge is -2.32. The summed E-state index contributed by atoms with van der Waals surface area (Å²) in [6.45, 7) is 7.64. The minimum absolute atomic E-state index is 0.00674. The predicted octanol–water partition coefficient (Wildman–Crippen LogP) is 3.99. The van der Waals surface area contributed by atoms with Crippen LogP contribution in [0.2, 0.25) is 0 Å². The molecule has 0 amide bonds. The van der Waals surface area contributed by atoms with Gasteiger partial charge in [0, 0.05) is 18.0 Å². The van der Waals surface area contributed by atoms with Gasteiger partial charge in [0.15, 0.2) is 0 Å². The topological polar surface area (TPSA) is 12.0 Å². The van der Waals surface area contributed by atoms with Crippen LogP contribution < -0.4 is 5.32 Å². The van der Waals surface area contributed by atoms with Gasteiger partial charge in [-0.1, -0.05) is 81.4 Å². The molecule has 0 aliphatic carbocycles. The van der Waals surface area contributed by atoms with E-state index < -0.39 is 0 Å². The summed E-state index contributed by atoms with van der Waals surface area (Å²) in [4.78, 5) is 0. The van der Waals surface area contributed by atoms with E-state index in [9.17, 15) is 0 Å². The van der Waals surface area contributed by atoms with E-state index in [0.717, 1.165) is 6.54 Å². The van der Waals surface area contributed by atoms with Crippen molar-refractivity contribution >= 4 is 0 Å². The molecule has 0 aromatic heterocycles. The maximum Gasteiger partial charge on any atom is 0.0299 e. The third-order valence-electron chi connectivity index (χ3n) is 3.69. The Kier molecular flexibility index (Phi) is 4.39. The average Bonchev–Trinajstić information content (AvgIpc) is 2.46. The highest BCUT2D eigenvalue weighted by molar-refractivity contribution is 5.38. The number of hydrogen-bond donors (Lipinski definition) is 1. The first-order valence-corrected chi connectivity index (χ1v) is 6.97. The Hall–Kier alpha value is -1.60. The van der Waals surface area contributed by atoms with Crippen LogP contribution in [-0.4, -0.2) is 12.6 Å². The number of nitrogens with one attached hydrogen (secondary N) is 1. The summed E-state index contributed by atoms with van der Waals surface area (Å²) in [5.74, 6) is 0. The highest BCUT2D eigenvalue weighted by Crippen LogP contribution is 2.31. The summed E-state index contributed by atoms with van der Waals surface area (Å²) < 4.78 is 0. The molecule has 0 fully saturated rings. The summed E-state index contributed by atoms with van der Waals surface area (Å²) in [5, 5.41) is 3.58. The molecule has 0 saturated carbocycles. The molecule has 1 heteroatoms. The van der Waals surface area contributed by atoms with Gasteiger partial charge in [0.25, 0.3) is 0 Å². The van der Waals surface area contributed by atoms with Gasteiger partial charge in [-0.05, 0) is 11.1 Å². The van der Waals surface area contributed by atoms with E-state index in [4.69, 9.17) is 0 Å². The van der Waals surface area contributed by atoms with Crippen molar-refractivity contribution in [3.63, 3.8) is 0 Å². The second-order valence-corrected chi connectivity index (χ2v) is 5.60. The van der Waals surface area contributed by atoms with Crippen molar-refractivity contribution in [2.45, 2.75) is 32.2 Å². The van der Waals surface area contributed by atoms with Gasteiger partial charge < -0.3 is 5.32 Å². The van der Waals surface area contributed by atoms with E-state index in [1.165, 1.54) is 11.1 Å². The zero-order chi connectivity index (χ0) is 13.7. The van der Waals surface area contributed by atoms with E-state index in [0.29, 0.717) is 6.04 Å². The molecule has 2 rings (SSSR count). The molecule has 0 spiro atoms. The van der Waals surface area contributed by atoms with Crippen LogP contribution in [0.25, 0.3) is 0 Å². The van der Waals surface area contributed by atoms with Crippen LogP contribution in [0.3, 0.4) is 0 Å². The van der Waals surface area contributed by atoms with Crippen LogP contribution in [0.15, 0.2) is 60.7 Å². The fourth-order valence-corrected chi connectivity index (χ4v) is 2.39. The first kappa shape index (κ1) is 13.8. The van der Waals surface area contributed by atoms with Crippen molar-refractivity contribution in [3.05, 3.63) is 71.8 Å². The normalized spacial score (nSPS) is 11.8. The molecule has 2 aromatic carbocycles. The van der Waals surface area contributed by atoms with Gasteiger partial charge in [0.2, 0.25) is 0 Å². The fourth-order valence-electron chi connectivity index (χ4n) is 2.39. The number of benzene rings is 2. The number of rotatable bonds is 5. The number of hydrogen-bond acceptors (Lipinski definition) is 1. The first-order valence-electron chi connectivity index (χ1n) is 6.97. The van der Waals surface area contributed by atoms with Crippen molar-refractivity contribution < 1.29 is 0 Å². The summed E-state index contributed by atoms with van der Waals surface area (Å²) in [5.41, 5.74) is 2.72. The van der Waals surface area contributed by atoms with Crippen LogP contribution in [0, 0.1) is 0 Å². The smallest absolute Gasteiger partial charge is 0.0299 e. The standard InChI is InChI=1S/C18H23N/c1-15(2)19-14-18(3,16-10-6-4-7-11-16)17-12-8-5-9-13-17/h4-13,15,19H,14H2,1-3H3.